The zero-order valence-electron chi connectivity index (χ0n) is 16.0. The molecule has 3 rings (SSSR count). The second-order valence-electron chi connectivity index (χ2n) is 7.02. The lowest BCUT2D eigenvalue weighted by Crippen LogP contribution is -2.33. The highest BCUT2D eigenvalue weighted by molar-refractivity contribution is 6.30. The Hall–Kier alpha value is -2.66. The minimum atomic E-state index is -1.24. The lowest BCUT2D eigenvalue weighted by Gasteiger charge is -2.16. The van der Waals surface area contributed by atoms with Gasteiger partial charge in [0.25, 0.3) is 0 Å². The second-order valence-corrected chi connectivity index (χ2v) is 7.45. The van der Waals surface area contributed by atoms with Gasteiger partial charge in [0.1, 0.15) is 6.61 Å². The average molecular weight is 410 g/mol. The summed E-state index contributed by atoms with van der Waals surface area (Å²) >= 11 is 6.05. The molecule has 0 saturated heterocycles. The van der Waals surface area contributed by atoms with Crippen molar-refractivity contribution in [2.75, 3.05) is 0 Å². The highest BCUT2D eigenvalue weighted by atomic mass is 35.5. The van der Waals surface area contributed by atoms with Crippen LogP contribution < -0.4 is 5.73 Å². The van der Waals surface area contributed by atoms with E-state index in [9.17, 15) is 9.90 Å². The minimum absolute atomic E-state index is 0.136. The molecule has 29 heavy (non-hydrogen) atoms. The normalized spacial score (nSPS) is 12.9. The molecule has 3 aromatic rings. The first-order chi connectivity index (χ1) is 14.0. The summed E-state index contributed by atoms with van der Waals surface area (Å²) in [6, 6.07) is 24.7. The summed E-state index contributed by atoms with van der Waals surface area (Å²) in [5.41, 5.74) is 10.2. The van der Waals surface area contributed by atoms with E-state index in [1.54, 1.807) is 0 Å². The highest BCUT2D eigenvalue weighted by Gasteiger charge is 2.20. The zero-order valence-corrected chi connectivity index (χ0v) is 16.8. The minimum Gasteiger partial charge on any atom is -0.459 e. The van der Waals surface area contributed by atoms with E-state index in [0.29, 0.717) is 11.4 Å². The zero-order chi connectivity index (χ0) is 20.6. The van der Waals surface area contributed by atoms with Crippen molar-refractivity contribution in [2.45, 2.75) is 31.6 Å². The number of benzene rings is 3. The lowest BCUT2D eigenvalue weighted by molar-refractivity contribution is -0.155. The Morgan fingerprint density at radius 2 is 1.66 bits per heavy atom. The van der Waals surface area contributed by atoms with Crippen LogP contribution in [0.15, 0.2) is 78.9 Å². The molecule has 0 radical (unpaired) electrons. The molecule has 3 N–H and O–H groups in total. The quantitative estimate of drug-likeness (QED) is 0.542. The number of hydrogen-bond donors (Lipinski definition) is 2. The summed E-state index contributed by atoms with van der Waals surface area (Å²) in [5, 5.41) is 10.8. The molecule has 0 spiro atoms. The van der Waals surface area contributed by atoms with E-state index >= 15 is 0 Å². The van der Waals surface area contributed by atoms with Crippen LogP contribution in [0.3, 0.4) is 0 Å². The van der Waals surface area contributed by atoms with E-state index in [4.69, 9.17) is 22.1 Å². The summed E-state index contributed by atoms with van der Waals surface area (Å²) in [6.45, 7) is 0.136. The Bertz CT molecular complexity index is 928. The number of nitrogens with two attached hydrogens (primary N) is 1. The van der Waals surface area contributed by atoms with Crippen LogP contribution in [-0.4, -0.2) is 23.2 Å². The van der Waals surface area contributed by atoms with Gasteiger partial charge >= 0.3 is 5.97 Å². The van der Waals surface area contributed by atoms with Gasteiger partial charge in [-0.05, 0) is 47.2 Å². The molecular weight excluding hydrogens is 386 g/mol. The molecule has 4 nitrogen and oxygen atoms in total. The number of rotatable bonds is 8. The molecule has 0 aliphatic rings. The fourth-order valence-electron chi connectivity index (χ4n) is 3.10. The Balaban J connectivity index is 1.49. The molecule has 0 saturated carbocycles. The summed E-state index contributed by atoms with van der Waals surface area (Å²) in [6.07, 6.45) is -0.540. The summed E-state index contributed by atoms with van der Waals surface area (Å²) in [7, 11) is 0. The van der Waals surface area contributed by atoms with Crippen molar-refractivity contribution in [3.05, 3.63) is 95.0 Å². The Kier molecular flexibility index (Phi) is 7.42. The first kappa shape index (κ1) is 21.1. The van der Waals surface area contributed by atoms with Crippen molar-refractivity contribution in [1.29, 1.82) is 0 Å². The lowest BCUT2D eigenvalue weighted by atomic mass is 9.98. The maximum absolute atomic E-state index is 12.0. The fourth-order valence-corrected chi connectivity index (χ4v) is 3.29. The van der Waals surface area contributed by atoms with Crippen LogP contribution in [0.4, 0.5) is 0 Å². The number of aliphatic hydroxyl groups excluding tert-OH is 1. The summed E-state index contributed by atoms with van der Waals surface area (Å²) in [4.78, 5) is 12.0. The van der Waals surface area contributed by atoms with E-state index < -0.39 is 12.1 Å². The monoisotopic (exact) mass is 409 g/mol. The number of carbonyl (C=O) groups excluding carboxylic acids is 1. The number of aliphatic hydroxyl groups is 1. The third-order valence-corrected chi connectivity index (χ3v) is 4.87. The van der Waals surface area contributed by atoms with E-state index in [-0.39, 0.29) is 19.1 Å². The van der Waals surface area contributed by atoms with Crippen LogP contribution >= 0.6 is 11.6 Å². The number of carbonyl (C=O) groups is 1. The maximum atomic E-state index is 12.0. The van der Waals surface area contributed by atoms with Gasteiger partial charge in [0.05, 0.1) is 0 Å². The molecular formula is C24H24ClNO3. The third kappa shape index (κ3) is 6.43. The predicted octanol–water partition coefficient (Wildman–Crippen LogP) is 4.37. The van der Waals surface area contributed by atoms with Crippen molar-refractivity contribution < 1.29 is 14.6 Å². The van der Waals surface area contributed by atoms with Crippen LogP contribution in [0, 0.1) is 0 Å². The third-order valence-electron chi connectivity index (χ3n) is 4.63. The van der Waals surface area contributed by atoms with Crippen LogP contribution in [0.25, 0.3) is 11.1 Å². The van der Waals surface area contributed by atoms with Crippen LogP contribution in [-0.2, 0) is 22.6 Å². The van der Waals surface area contributed by atoms with Crippen molar-refractivity contribution >= 4 is 17.6 Å². The topological polar surface area (TPSA) is 72.5 Å². The van der Waals surface area contributed by atoms with Gasteiger partial charge in [-0.15, -0.1) is 0 Å². The molecule has 0 unspecified atom stereocenters. The molecule has 0 aromatic heterocycles. The van der Waals surface area contributed by atoms with Gasteiger partial charge in [0.15, 0.2) is 6.10 Å². The molecule has 0 heterocycles. The molecule has 0 amide bonds. The van der Waals surface area contributed by atoms with Gasteiger partial charge in [-0.25, -0.2) is 4.79 Å². The Morgan fingerprint density at radius 1 is 0.931 bits per heavy atom. The molecule has 0 aliphatic heterocycles. The van der Waals surface area contributed by atoms with Crippen molar-refractivity contribution in [3.8, 4) is 11.1 Å². The van der Waals surface area contributed by atoms with Gasteiger partial charge in [0, 0.05) is 11.1 Å². The molecule has 3 aromatic carbocycles. The molecule has 0 aliphatic carbocycles. The Morgan fingerprint density at radius 3 is 2.34 bits per heavy atom. The number of ether oxygens (including phenoxy) is 1. The van der Waals surface area contributed by atoms with Crippen LogP contribution in [0.5, 0.6) is 0 Å². The number of hydrogen-bond acceptors (Lipinski definition) is 4. The molecule has 0 bridgehead atoms. The molecule has 150 valence electrons. The van der Waals surface area contributed by atoms with E-state index in [0.717, 1.165) is 22.3 Å². The average Bonchev–Trinajstić information content (AvgIpc) is 2.73. The highest BCUT2D eigenvalue weighted by Crippen LogP contribution is 2.23. The Labute approximate surface area is 175 Å². The molecule has 5 heteroatoms. The van der Waals surface area contributed by atoms with Crippen molar-refractivity contribution in [3.63, 3.8) is 0 Å². The molecule has 2 atom stereocenters. The second kappa shape index (κ2) is 10.2. The summed E-state index contributed by atoms with van der Waals surface area (Å²) < 4.78 is 5.16. The number of esters is 1. The maximum Gasteiger partial charge on any atom is 0.335 e. The summed E-state index contributed by atoms with van der Waals surface area (Å²) in [5.74, 6) is -0.652. The van der Waals surface area contributed by atoms with Gasteiger partial charge < -0.3 is 15.6 Å². The smallest absolute Gasteiger partial charge is 0.335 e. The van der Waals surface area contributed by atoms with Gasteiger partial charge in [-0.1, -0.05) is 78.3 Å². The van der Waals surface area contributed by atoms with Crippen molar-refractivity contribution in [2.24, 2.45) is 5.73 Å². The van der Waals surface area contributed by atoms with Gasteiger partial charge in [-0.3, -0.25) is 0 Å². The standard InChI is InChI=1S/C24H24ClNO3/c25-21-8-4-7-20(14-21)19-11-9-17(10-12-19)13-22(26)15-23(27)24(28)29-16-18-5-2-1-3-6-18/h1-12,14,22-23,27H,13,15-16,26H2/t22-,23-/m1/s1. The SMILES string of the molecule is N[C@H](Cc1ccc(-c2cccc(Cl)c2)cc1)C[C@@H](O)C(=O)OCc1ccccc1. The van der Waals surface area contributed by atoms with Crippen molar-refractivity contribution in [1.82, 2.24) is 0 Å². The van der Waals surface area contributed by atoms with E-state index in [2.05, 4.69) is 0 Å². The van der Waals surface area contributed by atoms with E-state index in [1.165, 1.54) is 0 Å². The predicted molar refractivity (Wildman–Crippen MR) is 115 cm³/mol. The van der Waals surface area contributed by atoms with Crippen LogP contribution in [0.2, 0.25) is 5.02 Å². The van der Waals surface area contributed by atoms with E-state index in [1.807, 2.05) is 78.9 Å². The fraction of sp³-hybridized carbons (Fsp3) is 0.208. The first-order valence-electron chi connectivity index (χ1n) is 9.50. The first-order valence-corrected chi connectivity index (χ1v) is 9.88. The van der Waals surface area contributed by atoms with Gasteiger partial charge in [-0.2, -0.15) is 0 Å². The number of halogens is 1. The largest absolute Gasteiger partial charge is 0.459 e. The van der Waals surface area contributed by atoms with Gasteiger partial charge in [0.2, 0.25) is 0 Å². The van der Waals surface area contributed by atoms with Crippen LogP contribution in [0.1, 0.15) is 17.5 Å². The molecule has 0 fully saturated rings.